The number of halogens is 3. The lowest BCUT2D eigenvalue weighted by Gasteiger charge is -2.21. The summed E-state index contributed by atoms with van der Waals surface area (Å²) < 4.78 is 43.7. The number of rotatable bonds is 4. The molecule has 6 nitrogen and oxygen atoms in total. The Kier molecular flexibility index (Phi) is 5.86. The molecule has 1 aliphatic heterocycles. The van der Waals surface area contributed by atoms with Crippen molar-refractivity contribution in [3.05, 3.63) is 65.0 Å². The number of carbonyl (C=O) groups excluding carboxylic acids is 1. The summed E-state index contributed by atoms with van der Waals surface area (Å²) in [6.07, 6.45) is -3.55. The molecule has 4 rings (SSSR count). The molecule has 31 heavy (non-hydrogen) atoms. The van der Waals surface area contributed by atoms with E-state index in [4.69, 9.17) is 4.42 Å². The fourth-order valence-corrected chi connectivity index (χ4v) is 3.69. The lowest BCUT2D eigenvalue weighted by Crippen LogP contribution is -2.35. The highest BCUT2D eigenvalue weighted by Gasteiger charge is 2.30. The molecule has 9 heteroatoms. The number of aromatic nitrogens is 2. The Balaban J connectivity index is 1.35. The molecule has 1 amide bonds. The van der Waals surface area contributed by atoms with E-state index in [0.717, 1.165) is 36.4 Å². The molecular formula is C22H23F3N4O2. The van der Waals surface area contributed by atoms with Gasteiger partial charge in [0.05, 0.1) is 5.56 Å². The minimum Gasteiger partial charge on any atom is -0.460 e. The second kappa shape index (κ2) is 8.58. The monoisotopic (exact) mass is 432 g/mol. The molecule has 0 spiro atoms. The molecule has 0 saturated carbocycles. The van der Waals surface area contributed by atoms with E-state index < -0.39 is 11.7 Å². The third-order valence-electron chi connectivity index (χ3n) is 5.37. The lowest BCUT2D eigenvalue weighted by molar-refractivity contribution is -0.137. The van der Waals surface area contributed by atoms with Crippen LogP contribution in [0.3, 0.4) is 0 Å². The van der Waals surface area contributed by atoms with E-state index in [9.17, 15) is 18.0 Å². The van der Waals surface area contributed by atoms with Crippen LogP contribution in [-0.2, 0) is 12.7 Å². The topological polar surface area (TPSA) is 65.4 Å². The van der Waals surface area contributed by atoms with Crippen LogP contribution in [0.25, 0.3) is 11.5 Å². The number of aryl methyl sites for hydroxylation is 1. The van der Waals surface area contributed by atoms with Crippen LogP contribution < -0.4 is 0 Å². The average molecular weight is 432 g/mol. The van der Waals surface area contributed by atoms with Gasteiger partial charge >= 0.3 is 6.18 Å². The van der Waals surface area contributed by atoms with Gasteiger partial charge in [-0.1, -0.05) is 12.1 Å². The van der Waals surface area contributed by atoms with Crippen LogP contribution in [0.15, 0.2) is 46.9 Å². The van der Waals surface area contributed by atoms with Gasteiger partial charge < -0.3 is 9.32 Å². The lowest BCUT2D eigenvalue weighted by atomic mass is 10.1. The fraction of sp³-hybridized carbons (Fsp3) is 0.364. The van der Waals surface area contributed by atoms with E-state index in [1.807, 2.05) is 19.1 Å². The summed E-state index contributed by atoms with van der Waals surface area (Å²) in [5, 5.41) is 6.99. The highest BCUT2D eigenvalue weighted by molar-refractivity contribution is 5.93. The number of H-pyrrole nitrogens is 1. The van der Waals surface area contributed by atoms with Gasteiger partial charge in [0.25, 0.3) is 5.91 Å². The maximum Gasteiger partial charge on any atom is 0.416 e. The van der Waals surface area contributed by atoms with E-state index in [-0.39, 0.29) is 5.91 Å². The average Bonchev–Trinajstić information content (AvgIpc) is 3.32. The number of carbonyl (C=O) groups is 1. The van der Waals surface area contributed by atoms with Gasteiger partial charge in [0, 0.05) is 38.8 Å². The summed E-state index contributed by atoms with van der Waals surface area (Å²) in [5.74, 6) is 1.25. The Morgan fingerprint density at radius 3 is 2.55 bits per heavy atom. The SMILES string of the molecule is Cc1ccc(-c2cc(C(=O)N3CCCN(Cc4ccc(C(F)(F)F)cc4)CC3)n[nH]2)o1. The van der Waals surface area contributed by atoms with Crippen molar-refractivity contribution in [1.29, 1.82) is 0 Å². The van der Waals surface area contributed by atoms with Crippen LogP contribution in [0, 0.1) is 6.92 Å². The molecule has 1 N–H and O–H groups in total. The van der Waals surface area contributed by atoms with Crippen LogP contribution in [0.5, 0.6) is 0 Å². The van der Waals surface area contributed by atoms with Gasteiger partial charge in [0.1, 0.15) is 11.5 Å². The second-order valence-electron chi connectivity index (χ2n) is 7.69. The van der Waals surface area contributed by atoms with Gasteiger partial charge in [-0.15, -0.1) is 0 Å². The number of nitrogens with one attached hydrogen (secondary N) is 1. The molecule has 0 unspecified atom stereocenters. The van der Waals surface area contributed by atoms with Crippen molar-refractivity contribution < 1.29 is 22.4 Å². The highest BCUT2D eigenvalue weighted by atomic mass is 19.4. The first-order valence-corrected chi connectivity index (χ1v) is 10.1. The first-order chi connectivity index (χ1) is 14.8. The van der Waals surface area contributed by atoms with Crippen molar-refractivity contribution in [3.63, 3.8) is 0 Å². The minimum atomic E-state index is -4.33. The predicted octanol–water partition coefficient (Wildman–Crippen LogP) is 4.35. The number of hydrogen-bond donors (Lipinski definition) is 1. The first-order valence-electron chi connectivity index (χ1n) is 10.1. The van der Waals surface area contributed by atoms with Crippen LogP contribution in [0.1, 0.15) is 33.8 Å². The van der Waals surface area contributed by atoms with Crippen molar-refractivity contribution in [2.75, 3.05) is 26.2 Å². The van der Waals surface area contributed by atoms with Crippen molar-refractivity contribution in [1.82, 2.24) is 20.0 Å². The molecule has 3 heterocycles. The normalized spacial score (nSPS) is 15.8. The molecule has 164 valence electrons. The zero-order valence-electron chi connectivity index (χ0n) is 17.1. The molecule has 1 aromatic carbocycles. The summed E-state index contributed by atoms with van der Waals surface area (Å²) in [7, 11) is 0. The van der Waals surface area contributed by atoms with Gasteiger partial charge in [-0.25, -0.2) is 0 Å². The number of nitrogens with zero attached hydrogens (tertiary/aromatic N) is 3. The Bertz CT molecular complexity index is 1040. The molecule has 1 saturated heterocycles. The number of hydrogen-bond acceptors (Lipinski definition) is 4. The third-order valence-corrected chi connectivity index (χ3v) is 5.37. The van der Waals surface area contributed by atoms with Crippen molar-refractivity contribution >= 4 is 5.91 Å². The maximum atomic E-state index is 12.9. The standard InChI is InChI=1S/C22H23F3N4O2/c1-15-3-8-20(31-15)18-13-19(27-26-18)21(30)29-10-2-9-28(11-12-29)14-16-4-6-17(7-5-16)22(23,24)25/h3-8,13H,2,9-12,14H2,1H3,(H,26,27). The van der Waals surface area contributed by atoms with E-state index in [2.05, 4.69) is 15.1 Å². The molecule has 2 aromatic heterocycles. The van der Waals surface area contributed by atoms with E-state index >= 15 is 0 Å². The maximum absolute atomic E-state index is 12.9. The number of aromatic amines is 1. The van der Waals surface area contributed by atoms with Crippen molar-refractivity contribution in [2.24, 2.45) is 0 Å². The molecule has 0 radical (unpaired) electrons. The van der Waals surface area contributed by atoms with E-state index in [1.165, 1.54) is 12.1 Å². The molecule has 3 aromatic rings. The summed E-state index contributed by atoms with van der Waals surface area (Å²) in [6.45, 7) is 4.93. The predicted molar refractivity (Wildman–Crippen MR) is 108 cm³/mol. The summed E-state index contributed by atoms with van der Waals surface area (Å²) in [4.78, 5) is 16.8. The third kappa shape index (κ3) is 4.99. The van der Waals surface area contributed by atoms with Crippen molar-refractivity contribution in [2.45, 2.75) is 26.1 Å². The van der Waals surface area contributed by atoms with Gasteiger partial charge in [-0.05, 0) is 43.2 Å². The smallest absolute Gasteiger partial charge is 0.416 e. The Hall–Kier alpha value is -3.07. The van der Waals surface area contributed by atoms with Gasteiger partial charge in [-0.3, -0.25) is 14.8 Å². The fourth-order valence-electron chi connectivity index (χ4n) is 3.69. The van der Waals surface area contributed by atoms with E-state index in [0.29, 0.717) is 43.3 Å². The summed E-state index contributed by atoms with van der Waals surface area (Å²) >= 11 is 0. The number of amides is 1. The Morgan fingerprint density at radius 1 is 1.10 bits per heavy atom. The van der Waals surface area contributed by atoms with Crippen molar-refractivity contribution in [3.8, 4) is 11.5 Å². The van der Waals surface area contributed by atoms with Gasteiger partial charge in [0.15, 0.2) is 11.5 Å². The minimum absolute atomic E-state index is 0.151. The number of benzene rings is 1. The Labute approximate surface area is 177 Å². The van der Waals surface area contributed by atoms with Crippen LogP contribution in [-0.4, -0.2) is 52.1 Å². The van der Waals surface area contributed by atoms with Gasteiger partial charge in [0.2, 0.25) is 0 Å². The van der Waals surface area contributed by atoms with Crippen LogP contribution in [0.2, 0.25) is 0 Å². The zero-order valence-corrected chi connectivity index (χ0v) is 17.1. The largest absolute Gasteiger partial charge is 0.460 e. The van der Waals surface area contributed by atoms with Crippen LogP contribution >= 0.6 is 0 Å². The van der Waals surface area contributed by atoms with Gasteiger partial charge in [-0.2, -0.15) is 18.3 Å². The zero-order chi connectivity index (χ0) is 22.0. The molecule has 0 atom stereocenters. The second-order valence-corrected chi connectivity index (χ2v) is 7.69. The van der Waals surface area contributed by atoms with Crippen LogP contribution in [0.4, 0.5) is 13.2 Å². The molecule has 0 bridgehead atoms. The summed E-state index contributed by atoms with van der Waals surface area (Å²) in [6, 6.07) is 10.6. The molecular weight excluding hydrogens is 409 g/mol. The number of furan rings is 1. The Morgan fingerprint density at radius 2 is 1.87 bits per heavy atom. The number of alkyl halides is 3. The highest BCUT2D eigenvalue weighted by Crippen LogP contribution is 2.29. The first kappa shape index (κ1) is 21.2. The molecule has 0 aliphatic carbocycles. The van der Waals surface area contributed by atoms with E-state index in [1.54, 1.807) is 11.0 Å². The summed E-state index contributed by atoms with van der Waals surface area (Å²) in [5.41, 5.74) is 1.15. The molecule has 1 fully saturated rings. The quantitative estimate of drug-likeness (QED) is 0.666. The molecule has 1 aliphatic rings.